The van der Waals surface area contributed by atoms with Crippen LogP contribution < -0.4 is 0 Å². The number of benzene rings is 1. The Labute approximate surface area is 214 Å². The molecule has 2 saturated heterocycles. The van der Waals surface area contributed by atoms with Crippen LogP contribution in [-0.2, 0) is 30.5 Å². The van der Waals surface area contributed by atoms with Crippen LogP contribution in [0.5, 0.6) is 0 Å². The quantitative estimate of drug-likeness (QED) is 0.231. The smallest absolute Gasteiger partial charge is 0.339 e. The van der Waals surface area contributed by atoms with E-state index in [1.54, 1.807) is 0 Å². The molecule has 2 aliphatic rings. The molecule has 0 N–H and O–H groups in total. The Bertz CT molecular complexity index is 829. The van der Waals surface area contributed by atoms with Crippen molar-refractivity contribution < 1.29 is 22.1 Å². The summed E-state index contributed by atoms with van der Waals surface area (Å²) < 4.78 is 44.6. The number of hydrogen-bond acceptors (Lipinski definition) is 5. The Balaban J connectivity index is 1.43. The largest absolute Gasteiger partial charge is 0.345 e. The van der Waals surface area contributed by atoms with E-state index in [-0.39, 0.29) is 31.4 Å². The highest BCUT2D eigenvalue weighted by Gasteiger charge is 2.52. The second-order valence-corrected chi connectivity index (χ2v) is 12.2. The Morgan fingerprint density at radius 1 is 0.857 bits per heavy atom. The maximum absolute atomic E-state index is 12.7. The van der Waals surface area contributed by atoms with E-state index < -0.39 is 16.1 Å². The van der Waals surface area contributed by atoms with E-state index in [0.29, 0.717) is 0 Å². The van der Waals surface area contributed by atoms with Gasteiger partial charge in [-0.1, -0.05) is 114 Å². The molecule has 7 heteroatoms. The molecule has 3 atom stereocenters. The molecule has 2 fully saturated rings. The molecule has 35 heavy (non-hydrogen) atoms. The molecule has 0 bridgehead atoms. The minimum Gasteiger partial charge on any atom is -0.345 e. The third kappa shape index (κ3) is 9.12. The molecule has 0 radical (unpaired) electrons. The van der Waals surface area contributed by atoms with Gasteiger partial charge in [0.2, 0.25) is 0 Å². The summed E-state index contributed by atoms with van der Waals surface area (Å²) in [6.45, 7) is 6.47. The molecular formula is C28H47NO5S. The van der Waals surface area contributed by atoms with Crippen LogP contribution in [0, 0.1) is 0 Å². The van der Waals surface area contributed by atoms with Gasteiger partial charge in [0.05, 0.1) is 18.8 Å². The Morgan fingerprint density at radius 3 is 2.03 bits per heavy atom. The average molecular weight is 510 g/mol. The first-order valence-corrected chi connectivity index (χ1v) is 15.2. The number of unbranched alkanes of at least 4 members (excludes halogenated alkanes) is 11. The minimum atomic E-state index is -3.78. The van der Waals surface area contributed by atoms with E-state index in [9.17, 15) is 8.42 Å². The Kier molecular flexibility index (Phi) is 11.5. The maximum Gasteiger partial charge on any atom is 0.339 e. The summed E-state index contributed by atoms with van der Waals surface area (Å²) in [5.41, 5.74) is 0.933. The van der Waals surface area contributed by atoms with E-state index in [4.69, 9.17) is 13.7 Å². The molecule has 3 rings (SSSR count). The first-order chi connectivity index (χ1) is 16.8. The third-order valence-electron chi connectivity index (χ3n) is 7.17. The Hall–Kier alpha value is -0.990. The second-order valence-electron chi connectivity index (χ2n) is 10.7. The molecule has 1 unspecified atom stereocenters. The molecule has 6 nitrogen and oxygen atoms in total. The highest BCUT2D eigenvalue weighted by Crippen LogP contribution is 2.37. The summed E-state index contributed by atoms with van der Waals surface area (Å²) >= 11 is 0. The standard InChI is InChI=1S/C28H47NO5S/c1-4-5-6-7-8-9-10-11-12-13-14-18-21-26-27(34-28(2,3)33-26)25-23-32-35(30,31)29(25)22-24-19-16-15-17-20-24/h15-17,19-20,25-27H,4-14,18,21-23H2,1-3H3/t25?,26-,27-/m1/s1. The summed E-state index contributed by atoms with van der Waals surface area (Å²) in [7, 11) is -3.78. The van der Waals surface area contributed by atoms with Gasteiger partial charge in [-0.05, 0) is 25.8 Å². The summed E-state index contributed by atoms with van der Waals surface area (Å²) in [5.74, 6) is -0.725. The van der Waals surface area contributed by atoms with E-state index in [1.165, 1.54) is 74.9 Å². The van der Waals surface area contributed by atoms with Crippen molar-refractivity contribution in [1.29, 1.82) is 0 Å². The van der Waals surface area contributed by atoms with E-state index in [0.717, 1.165) is 18.4 Å². The van der Waals surface area contributed by atoms with Gasteiger partial charge in [0.25, 0.3) is 0 Å². The molecular weight excluding hydrogens is 462 g/mol. The average Bonchev–Trinajstić information content (AvgIpc) is 3.29. The van der Waals surface area contributed by atoms with Crippen molar-refractivity contribution in [3.05, 3.63) is 35.9 Å². The molecule has 2 heterocycles. The summed E-state index contributed by atoms with van der Waals surface area (Å²) in [6.07, 6.45) is 16.1. The molecule has 0 aromatic heterocycles. The fraction of sp³-hybridized carbons (Fsp3) is 0.786. The summed E-state index contributed by atoms with van der Waals surface area (Å²) in [6, 6.07) is 9.25. The minimum absolute atomic E-state index is 0.105. The lowest BCUT2D eigenvalue weighted by atomic mass is 9.99. The van der Waals surface area contributed by atoms with Crippen LogP contribution in [-0.4, -0.2) is 43.4 Å². The first-order valence-electron chi connectivity index (χ1n) is 13.9. The van der Waals surface area contributed by atoms with Gasteiger partial charge in [0, 0.05) is 6.54 Å². The number of hydrogen-bond donors (Lipinski definition) is 0. The normalized spacial score (nSPS) is 25.9. The van der Waals surface area contributed by atoms with Crippen molar-refractivity contribution in [3.8, 4) is 0 Å². The summed E-state index contributed by atoms with van der Waals surface area (Å²) in [4.78, 5) is 0. The van der Waals surface area contributed by atoms with Crippen LogP contribution in [0.2, 0.25) is 0 Å². The van der Waals surface area contributed by atoms with Crippen molar-refractivity contribution in [2.45, 2.75) is 135 Å². The molecule has 2 aliphatic heterocycles. The van der Waals surface area contributed by atoms with Crippen molar-refractivity contribution >= 4 is 10.3 Å². The fourth-order valence-corrected chi connectivity index (χ4v) is 6.56. The molecule has 200 valence electrons. The summed E-state index contributed by atoms with van der Waals surface area (Å²) in [5, 5.41) is 0. The molecule has 0 spiro atoms. The van der Waals surface area contributed by atoms with Crippen molar-refractivity contribution in [1.82, 2.24) is 4.31 Å². The monoisotopic (exact) mass is 509 g/mol. The lowest BCUT2D eigenvalue weighted by Crippen LogP contribution is -2.46. The lowest BCUT2D eigenvalue weighted by Gasteiger charge is -2.28. The van der Waals surface area contributed by atoms with Gasteiger partial charge in [-0.2, -0.15) is 12.7 Å². The predicted octanol–water partition coefficient (Wildman–Crippen LogP) is 6.74. The van der Waals surface area contributed by atoms with Crippen molar-refractivity contribution in [2.75, 3.05) is 6.61 Å². The Morgan fingerprint density at radius 2 is 1.43 bits per heavy atom. The van der Waals surface area contributed by atoms with Gasteiger partial charge in [-0.15, -0.1) is 0 Å². The SMILES string of the molecule is CCCCCCCCCCCCCC[C@H]1OC(C)(C)O[C@@H]1C1COS(=O)(=O)N1Cc1ccccc1. The topological polar surface area (TPSA) is 65.1 Å². The van der Waals surface area contributed by atoms with Crippen LogP contribution in [0.25, 0.3) is 0 Å². The number of nitrogens with zero attached hydrogens (tertiary/aromatic N) is 1. The van der Waals surface area contributed by atoms with Gasteiger partial charge in [-0.25, -0.2) is 0 Å². The van der Waals surface area contributed by atoms with Crippen LogP contribution in [0.4, 0.5) is 0 Å². The van der Waals surface area contributed by atoms with Crippen molar-refractivity contribution in [2.24, 2.45) is 0 Å². The number of ether oxygens (including phenoxy) is 2. The molecule has 0 saturated carbocycles. The van der Waals surface area contributed by atoms with Gasteiger partial charge in [-0.3, -0.25) is 4.18 Å². The zero-order valence-corrected chi connectivity index (χ0v) is 22.9. The predicted molar refractivity (Wildman–Crippen MR) is 140 cm³/mol. The highest BCUT2D eigenvalue weighted by atomic mass is 32.2. The van der Waals surface area contributed by atoms with Crippen molar-refractivity contribution in [3.63, 3.8) is 0 Å². The van der Waals surface area contributed by atoms with Gasteiger partial charge >= 0.3 is 10.3 Å². The maximum atomic E-state index is 12.7. The van der Waals surface area contributed by atoms with Crippen LogP contribution in [0.3, 0.4) is 0 Å². The third-order valence-corrected chi connectivity index (χ3v) is 8.58. The van der Waals surface area contributed by atoms with Crippen LogP contribution in [0.15, 0.2) is 30.3 Å². The van der Waals surface area contributed by atoms with Crippen LogP contribution >= 0.6 is 0 Å². The molecule has 1 aromatic rings. The highest BCUT2D eigenvalue weighted by molar-refractivity contribution is 7.84. The second kappa shape index (κ2) is 14.1. The lowest BCUT2D eigenvalue weighted by molar-refractivity contribution is -0.150. The zero-order valence-electron chi connectivity index (χ0n) is 22.1. The first kappa shape index (κ1) is 28.6. The number of rotatable bonds is 16. The van der Waals surface area contributed by atoms with Gasteiger partial charge < -0.3 is 9.47 Å². The van der Waals surface area contributed by atoms with E-state index >= 15 is 0 Å². The molecule has 1 aromatic carbocycles. The van der Waals surface area contributed by atoms with Gasteiger partial charge in [0.15, 0.2) is 5.79 Å². The molecule has 0 amide bonds. The zero-order chi connectivity index (χ0) is 25.2. The van der Waals surface area contributed by atoms with Crippen LogP contribution in [0.1, 0.15) is 110 Å². The van der Waals surface area contributed by atoms with Gasteiger partial charge in [0.1, 0.15) is 6.10 Å². The fourth-order valence-electron chi connectivity index (χ4n) is 5.29. The van der Waals surface area contributed by atoms with E-state index in [1.807, 2.05) is 44.2 Å². The van der Waals surface area contributed by atoms with E-state index in [2.05, 4.69) is 6.92 Å². The molecule has 0 aliphatic carbocycles.